The predicted octanol–water partition coefficient (Wildman–Crippen LogP) is 4.51. The van der Waals surface area contributed by atoms with Crippen LogP contribution in [0.2, 0.25) is 10.0 Å². The lowest BCUT2D eigenvalue weighted by Crippen LogP contribution is -2.58. The van der Waals surface area contributed by atoms with Crippen molar-refractivity contribution in [1.82, 2.24) is 14.8 Å². The summed E-state index contributed by atoms with van der Waals surface area (Å²) in [4.78, 5) is 33.8. The number of piperazine rings is 1. The summed E-state index contributed by atoms with van der Waals surface area (Å²) in [5.41, 5.74) is 14.8. The third kappa shape index (κ3) is 6.29. The molecule has 40 heavy (non-hydrogen) atoms. The molecule has 2 heterocycles. The number of aromatic nitrogens is 1. The molecule has 9 nitrogen and oxygen atoms in total. The van der Waals surface area contributed by atoms with Crippen molar-refractivity contribution in [3.05, 3.63) is 88.7 Å². The fourth-order valence-corrected chi connectivity index (χ4v) is 5.36. The van der Waals surface area contributed by atoms with Crippen LogP contribution in [0.3, 0.4) is 0 Å². The zero-order valence-corrected chi connectivity index (χ0v) is 23.0. The van der Waals surface area contributed by atoms with Crippen LogP contribution in [-0.4, -0.2) is 58.8 Å². The lowest BCUT2D eigenvalue weighted by molar-refractivity contribution is -0.128. The maximum absolute atomic E-state index is 12.8. The van der Waals surface area contributed by atoms with Crippen LogP contribution in [0.1, 0.15) is 5.89 Å². The molecule has 206 valence electrons. The first-order chi connectivity index (χ1) is 19.3. The summed E-state index contributed by atoms with van der Waals surface area (Å²) in [6, 6.07) is 22.0. The minimum Gasteiger partial charge on any atom is -0.439 e. The molecule has 11 heteroatoms. The van der Waals surface area contributed by atoms with Gasteiger partial charge >= 0.3 is 0 Å². The van der Waals surface area contributed by atoms with Gasteiger partial charge in [-0.15, -0.1) is 0 Å². The molecule has 5 rings (SSSR count). The Morgan fingerprint density at radius 1 is 0.975 bits per heavy atom. The van der Waals surface area contributed by atoms with E-state index in [1.807, 2.05) is 70.5 Å². The van der Waals surface area contributed by atoms with Gasteiger partial charge in [-0.05, 0) is 12.1 Å². The molecule has 1 aromatic heterocycles. The quantitative estimate of drug-likeness (QED) is 0.262. The molecule has 1 fully saturated rings. The fourth-order valence-electron chi connectivity index (χ4n) is 4.76. The Hall–Kier alpha value is -3.89. The number of amides is 2. The lowest BCUT2D eigenvalue weighted by atomic mass is 10.1. The molecular weight excluding hydrogens is 551 g/mol. The molecule has 1 atom stereocenters. The second kappa shape index (κ2) is 12.1. The second-order valence-corrected chi connectivity index (χ2v) is 10.4. The Kier molecular flexibility index (Phi) is 8.37. The minimum absolute atomic E-state index is 0.0317. The van der Waals surface area contributed by atoms with Crippen molar-refractivity contribution in [2.45, 2.75) is 12.6 Å². The second-order valence-electron chi connectivity index (χ2n) is 9.55. The number of primary amides is 1. The van der Waals surface area contributed by atoms with Crippen LogP contribution in [0, 0.1) is 0 Å². The normalized spacial score (nSPS) is 16.1. The highest BCUT2D eigenvalue weighted by Gasteiger charge is 2.33. The van der Waals surface area contributed by atoms with E-state index in [-0.39, 0.29) is 35.6 Å². The molecule has 3 aromatic carbocycles. The van der Waals surface area contributed by atoms with Gasteiger partial charge in [-0.2, -0.15) is 0 Å². The van der Waals surface area contributed by atoms with Gasteiger partial charge in [0.15, 0.2) is 5.76 Å². The Bertz CT molecular complexity index is 1430. The van der Waals surface area contributed by atoms with E-state index in [0.717, 1.165) is 16.8 Å². The highest BCUT2D eigenvalue weighted by atomic mass is 35.5. The number of anilines is 2. The topological polar surface area (TPSA) is 131 Å². The number of hydrogen-bond donors (Lipinski definition) is 3. The first-order valence-electron chi connectivity index (χ1n) is 12.7. The largest absolute Gasteiger partial charge is 0.439 e. The van der Waals surface area contributed by atoms with Crippen molar-refractivity contribution in [2.75, 3.05) is 37.2 Å². The highest BCUT2D eigenvalue weighted by Crippen LogP contribution is 2.34. The molecule has 0 bridgehead atoms. The van der Waals surface area contributed by atoms with Crippen molar-refractivity contribution in [3.63, 3.8) is 0 Å². The lowest BCUT2D eigenvalue weighted by Gasteiger charge is -2.38. The Morgan fingerprint density at radius 2 is 1.60 bits per heavy atom. The number of nitrogens with two attached hydrogens (primary N) is 2. The maximum atomic E-state index is 12.8. The van der Waals surface area contributed by atoms with Gasteiger partial charge in [-0.25, -0.2) is 4.98 Å². The van der Waals surface area contributed by atoms with Gasteiger partial charge < -0.3 is 21.2 Å². The SMILES string of the molecule is NC(=O)C1CN(CC(=O)Nc2c(Cl)cc(N)cc2Cl)CCN1Cc1nc(-c2ccccc2)c(-c2ccccc2)o1. The van der Waals surface area contributed by atoms with Gasteiger partial charge in [0.2, 0.25) is 17.7 Å². The summed E-state index contributed by atoms with van der Waals surface area (Å²) >= 11 is 12.4. The van der Waals surface area contributed by atoms with E-state index in [9.17, 15) is 9.59 Å². The van der Waals surface area contributed by atoms with Gasteiger partial charge in [0, 0.05) is 36.4 Å². The Morgan fingerprint density at radius 3 is 2.23 bits per heavy atom. The van der Waals surface area contributed by atoms with Crippen LogP contribution in [0.4, 0.5) is 11.4 Å². The number of nitrogens with one attached hydrogen (secondary N) is 1. The number of halogens is 2. The number of oxazole rings is 1. The summed E-state index contributed by atoms with van der Waals surface area (Å²) in [6.45, 7) is 1.59. The van der Waals surface area contributed by atoms with E-state index in [1.165, 1.54) is 12.1 Å². The molecule has 1 unspecified atom stereocenters. The van der Waals surface area contributed by atoms with Crippen molar-refractivity contribution in [1.29, 1.82) is 0 Å². The molecule has 1 saturated heterocycles. The van der Waals surface area contributed by atoms with Crippen molar-refractivity contribution in [2.24, 2.45) is 5.73 Å². The van der Waals surface area contributed by atoms with Crippen LogP contribution in [0.15, 0.2) is 77.2 Å². The van der Waals surface area contributed by atoms with Crippen molar-refractivity contribution < 1.29 is 14.0 Å². The van der Waals surface area contributed by atoms with E-state index in [0.29, 0.717) is 36.1 Å². The van der Waals surface area contributed by atoms with Crippen LogP contribution in [0.5, 0.6) is 0 Å². The van der Waals surface area contributed by atoms with Gasteiger partial charge in [0.05, 0.1) is 28.8 Å². The summed E-state index contributed by atoms with van der Waals surface area (Å²) in [5.74, 6) is 0.321. The number of benzene rings is 3. The summed E-state index contributed by atoms with van der Waals surface area (Å²) in [7, 11) is 0. The Balaban J connectivity index is 1.30. The number of nitrogens with zero attached hydrogens (tertiary/aromatic N) is 3. The number of nitrogen functional groups attached to an aromatic ring is 1. The van der Waals surface area contributed by atoms with Gasteiger partial charge in [0.25, 0.3) is 0 Å². The standard InChI is InChI=1S/C29H28Cl2N6O3/c30-21-13-20(32)14-22(31)27(21)34-24(38)16-36-11-12-37(23(15-36)29(33)39)17-25-35-26(18-7-3-1-4-8-18)28(40-25)19-9-5-2-6-10-19/h1-10,13-14,23H,11-12,15-17,32H2,(H2,33,39)(H,34,38). The van der Waals surface area contributed by atoms with E-state index >= 15 is 0 Å². The molecule has 2 amide bonds. The van der Waals surface area contributed by atoms with E-state index in [1.54, 1.807) is 0 Å². The predicted molar refractivity (Wildman–Crippen MR) is 157 cm³/mol. The molecule has 1 aliphatic rings. The molecular formula is C29H28Cl2N6O3. The van der Waals surface area contributed by atoms with Gasteiger partial charge in [-0.3, -0.25) is 19.4 Å². The van der Waals surface area contributed by atoms with Gasteiger partial charge in [0.1, 0.15) is 11.7 Å². The zero-order chi connectivity index (χ0) is 28.2. The molecule has 0 spiro atoms. The van der Waals surface area contributed by atoms with Crippen molar-refractivity contribution in [3.8, 4) is 22.6 Å². The first kappa shape index (κ1) is 27.7. The molecule has 0 saturated carbocycles. The summed E-state index contributed by atoms with van der Waals surface area (Å²) in [5, 5.41) is 3.22. The van der Waals surface area contributed by atoms with Crippen LogP contribution in [0.25, 0.3) is 22.6 Å². The molecule has 0 radical (unpaired) electrons. The summed E-state index contributed by atoms with van der Waals surface area (Å²) in [6.07, 6.45) is 0. The monoisotopic (exact) mass is 578 g/mol. The molecule has 4 aromatic rings. The molecule has 1 aliphatic heterocycles. The number of carbonyl (C=O) groups is 2. The fraction of sp³-hybridized carbons (Fsp3) is 0.207. The minimum atomic E-state index is -0.641. The van der Waals surface area contributed by atoms with Crippen LogP contribution >= 0.6 is 23.2 Å². The number of carbonyl (C=O) groups excluding carboxylic acids is 2. The van der Waals surface area contributed by atoms with E-state index in [2.05, 4.69) is 5.32 Å². The third-order valence-corrected chi connectivity index (χ3v) is 7.29. The summed E-state index contributed by atoms with van der Waals surface area (Å²) < 4.78 is 6.26. The van der Waals surface area contributed by atoms with Crippen molar-refractivity contribution >= 4 is 46.4 Å². The third-order valence-electron chi connectivity index (χ3n) is 6.69. The zero-order valence-electron chi connectivity index (χ0n) is 21.5. The number of hydrogen-bond acceptors (Lipinski definition) is 7. The Labute approximate surface area is 241 Å². The molecule has 5 N–H and O–H groups in total. The van der Waals surface area contributed by atoms with E-state index in [4.69, 9.17) is 44.1 Å². The maximum Gasteiger partial charge on any atom is 0.238 e. The van der Waals surface area contributed by atoms with Gasteiger partial charge in [-0.1, -0.05) is 83.9 Å². The average molecular weight is 579 g/mol. The first-order valence-corrected chi connectivity index (χ1v) is 13.4. The van der Waals surface area contributed by atoms with Crippen LogP contribution < -0.4 is 16.8 Å². The van der Waals surface area contributed by atoms with Crippen LogP contribution in [-0.2, 0) is 16.1 Å². The molecule has 0 aliphatic carbocycles. The van der Waals surface area contributed by atoms with E-state index < -0.39 is 11.9 Å². The highest BCUT2D eigenvalue weighted by molar-refractivity contribution is 6.40. The number of rotatable bonds is 8. The smallest absolute Gasteiger partial charge is 0.238 e. The average Bonchev–Trinajstić information content (AvgIpc) is 3.36.